The van der Waals surface area contributed by atoms with Gasteiger partial charge in [0.1, 0.15) is 11.4 Å². The van der Waals surface area contributed by atoms with E-state index in [0.29, 0.717) is 22.3 Å². The smallest absolute Gasteiger partial charge is 0.219 e. The quantitative estimate of drug-likeness (QED) is 0.388. The molecule has 3 N–H and O–H groups in total. The van der Waals surface area contributed by atoms with Gasteiger partial charge in [0.25, 0.3) is 0 Å². The van der Waals surface area contributed by atoms with Crippen molar-refractivity contribution in [2.24, 2.45) is 10.9 Å². The minimum absolute atomic E-state index is 0.0919. The van der Waals surface area contributed by atoms with Gasteiger partial charge in [-0.25, -0.2) is 4.98 Å². The van der Waals surface area contributed by atoms with Crippen LogP contribution in [0, 0.1) is 0 Å². The van der Waals surface area contributed by atoms with Crippen molar-refractivity contribution in [1.82, 2.24) is 4.98 Å². The van der Waals surface area contributed by atoms with E-state index in [1.54, 1.807) is 36.4 Å². The summed E-state index contributed by atoms with van der Waals surface area (Å²) in [6.45, 7) is 0. The molecule has 0 aliphatic rings. The molecule has 0 spiro atoms. The van der Waals surface area contributed by atoms with Crippen LogP contribution in [0.25, 0.3) is 0 Å². The number of ether oxygens (including phenoxy) is 1. The first kappa shape index (κ1) is 13.6. The third kappa shape index (κ3) is 3.36. The van der Waals surface area contributed by atoms with Gasteiger partial charge >= 0.3 is 0 Å². The summed E-state index contributed by atoms with van der Waals surface area (Å²) in [5.74, 6) is 0.662. The molecule has 0 fully saturated rings. The Bertz CT molecular complexity index is 634. The SMILES string of the molecule is NC(=NO)c1cccc(Oc2cc(Br)ccc2Cl)n1. The number of nitrogens with zero attached hydrogens (tertiary/aromatic N) is 2. The van der Waals surface area contributed by atoms with Crippen LogP contribution in [0.5, 0.6) is 11.6 Å². The van der Waals surface area contributed by atoms with Gasteiger partial charge < -0.3 is 15.7 Å². The highest BCUT2D eigenvalue weighted by Gasteiger charge is 2.07. The van der Waals surface area contributed by atoms with Gasteiger partial charge in [0.2, 0.25) is 5.88 Å². The lowest BCUT2D eigenvalue weighted by molar-refractivity contribution is 0.318. The Kier molecular flexibility index (Phi) is 4.24. The molecule has 1 aromatic heterocycles. The fourth-order valence-corrected chi connectivity index (χ4v) is 1.83. The lowest BCUT2D eigenvalue weighted by atomic mass is 10.3. The first-order valence-corrected chi connectivity index (χ1v) is 6.35. The fraction of sp³-hybridized carbons (Fsp3) is 0. The maximum absolute atomic E-state index is 8.60. The number of pyridine rings is 1. The molecule has 2 aromatic rings. The number of nitrogens with two attached hydrogens (primary N) is 1. The summed E-state index contributed by atoms with van der Waals surface area (Å²) in [5.41, 5.74) is 5.77. The van der Waals surface area contributed by atoms with E-state index in [-0.39, 0.29) is 5.84 Å². The number of oxime groups is 1. The van der Waals surface area contributed by atoms with E-state index < -0.39 is 0 Å². The van der Waals surface area contributed by atoms with E-state index in [0.717, 1.165) is 4.47 Å². The molecule has 0 saturated carbocycles. The number of amidine groups is 1. The summed E-state index contributed by atoms with van der Waals surface area (Å²) in [7, 11) is 0. The van der Waals surface area contributed by atoms with Crippen molar-refractivity contribution in [3.8, 4) is 11.6 Å². The summed E-state index contributed by atoms with van der Waals surface area (Å²) in [5, 5.41) is 11.9. The number of rotatable bonds is 3. The lowest BCUT2D eigenvalue weighted by Gasteiger charge is -2.08. The van der Waals surface area contributed by atoms with Crippen LogP contribution in [0.15, 0.2) is 46.0 Å². The highest BCUT2D eigenvalue weighted by molar-refractivity contribution is 9.10. The predicted octanol–water partition coefficient (Wildman–Crippen LogP) is 3.38. The van der Waals surface area contributed by atoms with Gasteiger partial charge in [0.05, 0.1) is 5.02 Å². The van der Waals surface area contributed by atoms with Crippen molar-refractivity contribution in [2.45, 2.75) is 0 Å². The van der Waals surface area contributed by atoms with Crippen molar-refractivity contribution < 1.29 is 9.94 Å². The summed E-state index contributed by atoms with van der Waals surface area (Å²) in [6, 6.07) is 10.2. The Morgan fingerprint density at radius 1 is 1.37 bits per heavy atom. The minimum atomic E-state index is -0.0919. The van der Waals surface area contributed by atoms with Crippen LogP contribution in [-0.4, -0.2) is 16.0 Å². The zero-order valence-electron chi connectivity index (χ0n) is 9.55. The average molecular weight is 343 g/mol. The number of halogens is 2. The van der Waals surface area contributed by atoms with Crippen molar-refractivity contribution >= 4 is 33.4 Å². The molecule has 0 unspecified atom stereocenters. The molecule has 19 heavy (non-hydrogen) atoms. The summed E-state index contributed by atoms with van der Waals surface area (Å²) in [6.07, 6.45) is 0. The van der Waals surface area contributed by atoms with Crippen LogP contribution in [0.1, 0.15) is 5.69 Å². The average Bonchev–Trinajstić information content (AvgIpc) is 2.42. The molecule has 0 aliphatic carbocycles. The summed E-state index contributed by atoms with van der Waals surface area (Å²) < 4.78 is 6.39. The third-order valence-electron chi connectivity index (χ3n) is 2.20. The molecular formula is C12H9BrClN3O2. The maximum atomic E-state index is 8.60. The molecule has 98 valence electrons. The monoisotopic (exact) mass is 341 g/mol. The Labute approximate surface area is 122 Å². The predicted molar refractivity (Wildman–Crippen MR) is 76.0 cm³/mol. The van der Waals surface area contributed by atoms with Crippen molar-refractivity contribution in [1.29, 1.82) is 0 Å². The Balaban J connectivity index is 2.31. The van der Waals surface area contributed by atoms with Crippen molar-refractivity contribution in [2.75, 3.05) is 0 Å². The summed E-state index contributed by atoms with van der Waals surface area (Å²) >= 11 is 9.34. The number of benzene rings is 1. The number of aromatic nitrogens is 1. The zero-order valence-corrected chi connectivity index (χ0v) is 11.9. The minimum Gasteiger partial charge on any atom is -0.437 e. The second kappa shape index (κ2) is 5.90. The zero-order chi connectivity index (χ0) is 13.8. The molecular weight excluding hydrogens is 334 g/mol. The second-order valence-corrected chi connectivity index (χ2v) is 4.85. The molecule has 2 rings (SSSR count). The number of hydrogen-bond donors (Lipinski definition) is 2. The topological polar surface area (TPSA) is 80.7 Å². The Morgan fingerprint density at radius 3 is 2.89 bits per heavy atom. The standard InChI is InChI=1S/C12H9BrClN3O2/c13-7-4-5-8(14)10(6-7)19-11-3-1-2-9(16-11)12(15)17-18/h1-6,18H,(H2,15,17). The molecule has 0 amide bonds. The van der Waals surface area contributed by atoms with Crippen LogP contribution >= 0.6 is 27.5 Å². The maximum Gasteiger partial charge on any atom is 0.219 e. The van der Waals surface area contributed by atoms with Gasteiger partial charge in [0.15, 0.2) is 5.84 Å². The van der Waals surface area contributed by atoms with E-state index in [2.05, 4.69) is 26.1 Å². The largest absolute Gasteiger partial charge is 0.437 e. The van der Waals surface area contributed by atoms with E-state index >= 15 is 0 Å². The van der Waals surface area contributed by atoms with E-state index in [1.165, 1.54) is 0 Å². The first-order valence-electron chi connectivity index (χ1n) is 5.18. The van der Waals surface area contributed by atoms with Crippen molar-refractivity contribution in [3.05, 3.63) is 51.6 Å². The highest BCUT2D eigenvalue weighted by atomic mass is 79.9. The Morgan fingerprint density at radius 2 is 2.16 bits per heavy atom. The molecule has 0 radical (unpaired) electrons. The van der Waals surface area contributed by atoms with Gasteiger partial charge in [0, 0.05) is 10.5 Å². The van der Waals surface area contributed by atoms with Gasteiger partial charge in [-0.05, 0) is 24.3 Å². The second-order valence-electron chi connectivity index (χ2n) is 3.52. The van der Waals surface area contributed by atoms with Gasteiger partial charge in [-0.3, -0.25) is 0 Å². The number of hydrogen-bond acceptors (Lipinski definition) is 4. The lowest BCUT2D eigenvalue weighted by Crippen LogP contribution is -2.14. The molecule has 1 aromatic carbocycles. The van der Waals surface area contributed by atoms with Crippen LogP contribution in [-0.2, 0) is 0 Å². The van der Waals surface area contributed by atoms with Crippen LogP contribution in [0.2, 0.25) is 5.02 Å². The van der Waals surface area contributed by atoms with Crippen molar-refractivity contribution in [3.63, 3.8) is 0 Å². The third-order valence-corrected chi connectivity index (χ3v) is 3.01. The van der Waals surface area contributed by atoms with E-state index in [9.17, 15) is 0 Å². The molecule has 5 nitrogen and oxygen atoms in total. The fourth-order valence-electron chi connectivity index (χ4n) is 1.33. The van der Waals surface area contributed by atoms with Gasteiger partial charge in [-0.2, -0.15) is 0 Å². The van der Waals surface area contributed by atoms with E-state index in [1.807, 2.05) is 0 Å². The van der Waals surface area contributed by atoms with Gasteiger partial charge in [-0.15, -0.1) is 0 Å². The Hall–Kier alpha value is -1.79. The highest BCUT2D eigenvalue weighted by Crippen LogP contribution is 2.31. The molecule has 1 heterocycles. The normalized spacial score (nSPS) is 11.4. The van der Waals surface area contributed by atoms with Gasteiger partial charge in [-0.1, -0.05) is 38.8 Å². The summed E-state index contributed by atoms with van der Waals surface area (Å²) in [4.78, 5) is 4.10. The van der Waals surface area contributed by atoms with Crippen LogP contribution in [0.4, 0.5) is 0 Å². The molecule has 0 bridgehead atoms. The molecule has 0 aliphatic heterocycles. The molecule has 0 saturated heterocycles. The first-order chi connectivity index (χ1) is 9.10. The molecule has 7 heteroatoms. The molecule has 0 atom stereocenters. The van der Waals surface area contributed by atoms with Crippen LogP contribution in [0.3, 0.4) is 0 Å². The van der Waals surface area contributed by atoms with E-state index in [4.69, 9.17) is 27.3 Å². The van der Waals surface area contributed by atoms with Crippen LogP contribution < -0.4 is 10.5 Å².